The summed E-state index contributed by atoms with van der Waals surface area (Å²) in [5, 5.41) is 17.8. The molecule has 23 heavy (non-hydrogen) atoms. The number of nitrogens with zero attached hydrogens (tertiary/aromatic N) is 2. The molecule has 0 aromatic heterocycles. The smallest absolute Gasteiger partial charge is 0.274 e. The number of anilines is 2. The van der Waals surface area contributed by atoms with Crippen LogP contribution in [0.25, 0.3) is 0 Å². The molecule has 0 aliphatic carbocycles. The second kappa shape index (κ2) is 6.20. The summed E-state index contributed by atoms with van der Waals surface area (Å²) in [6.45, 7) is 9.24. The first-order valence-corrected chi connectivity index (χ1v) is 8.17. The maximum Gasteiger partial charge on any atom is 0.274 e. The topological polar surface area (TPSA) is 70.4 Å². The average molecular weight is 316 g/mol. The SMILES string of the molecule is Cc1c([N+](=O)[O-])cc2c(c1CN1CC(C)CC(C)C1)NC=CN2. The summed E-state index contributed by atoms with van der Waals surface area (Å²) in [5.41, 5.74) is 3.69. The fraction of sp³-hybridized carbons (Fsp3) is 0.529. The molecule has 1 aromatic carbocycles. The van der Waals surface area contributed by atoms with Crippen LogP contribution in [0.3, 0.4) is 0 Å². The Morgan fingerprint density at radius 2 is 1.91 bits per heavy atom. The highest BCUT2D eigenvalue weighted by Crippen LogP contribution is 2.38. The van der Waals surface area contributed by atoms with E-state index in [0.717, 1.165) is 42.1 Å². The van der Waals surface area contributed by atoms with Gasteiger partial charge in [-0.2, -0.15) is 0 Å². The quantitative estimate of drug-likeness (QED) is 0.657. The summed E-state index contributed by atoms with van der Waals surface area (Å²) < 4.78 is 0. The van der Waals surface area contributed by atoms with Gasteiger partial charge in [0.15, 0.2) is 0 Å². The molecule has 1 saturated heterocycles. The summed E-state index contributed by atoms with van der Waals surface area (Å²) in [5.74, 6) is 1.33. The van der Waals surface area contributed by atoms with Crippen molar-refractivity contribution in [2.45, 2.75) is 33.7 Å². The number of piperidine rings is 1. The number of rotatable bonds is 3. The summed E-state index contributed by atoms with van der Waals surface area (Å²) >= 11 is 0. The van der Waals surface area contributed by atoms with Crippen molar-refractivity contribution in [1.29, 1.82) is 0 Å². The number of likely N-dealkylation sites (tertiary alicyclic amines) is 1. The van der Waals surface area contributed by atoms with E-state index in [1.165, 1.54) is 6.42 Å². The van der Waals surface area contributed by atoms with Gasteiger partial charge >= 0.3 is 0 Å². The lowest BCUT2D eigenvalue weighted by Gasteiger charge is -2.36. The molecular formula is C17H24N4O2. The van der Waals surface area contributed by atoms with Gasteiger partial charge in [0, 0.05) is 49.2 Å². The lowest BCUT2D eigenvalue weighted by molar-refractivity contribution is -0.385. The van der Waals surface area contributed by atoms with Gasteiger partial charge in [-0.15, -0.1) is 0 Å². The van der Waals surface area contributed by atoms with Gasteiger partial charge in [-0.3, -0.25) is 15.0 Å². The Balaban J connectivity index is 1.97. The Kier molecular flexibility index (Phi) is 4.26. The number of nitro benzene ring substituents is 1. The number of hydrogen-bond donors (Lipinski definition) is 2. The van der Waals surface area contributed by atoms with E-state index in [-0.39, 0.29) is 10.6 Å². The number of nitrogens with one attached hydrogen (secondary N) is 2. The predicted molar refractivity (Wildman–Crippen MR) is 92.4 cm³/mol. The van der Waals surface area contributed by atoms with Crippen molar-refractivity contribution in [3.05, 3.63) is 39.7 Å². The van der Waals surface area contributed by atoms with E-state index < -0.39 is 0 Å². The van der Waals surface area contributed by atoms with Crippen LogP contribution in [0.4, 0.5) is 17.1 Å². The van der Waals surface area contributed by atoms with Gasteiger partial charge in [0.2, 0.25) is 0 Å². The molecule has 0 radical (unpaired) electrons. The second-order valence-corrected chi connectivity index (χ2v) is 6.94. The van der Waals surface area contributed by atoms with Crippen molar-refractivity contribution in [3.8, 4) is 0 Å². The molecule has 6 heteroatoms. The number of benzene rings is 1. The lowest BCUT2D eigenvalue weighted by atomic mass is 9.91. The molecule has 2 aliphatic rings. The molecule has 0 saturated carbocycles. The van der Waals surface area contributed by atoms with Gasteiger partial charge in [-0.05, 0) is 25.2 Å². The normalized spacial score (nSPS) is 23.8. The van der Waals surface area contributed by atoms with Crippen LogP contribution in [0.15, 0.2) is 18.5 Å². The summed E-state index contributed by atoms with van der Waals surface area (Å²) in [4.78, 5) is 13.5. The Hall–Kier alpha value is -2.08. The monoisotopic (exact) mass is 316 g/mol. The fourth-order valence-electron chi connectivity index (χ4n) is 3.89. The van der Waals surface area contributed by atoms with Gasteiger partial charge in [-0.25, -0.2) is 0 Å². The van der Waals surface area contributed by atoms with Crippen LogP contribution in [0.2, 0.25) is 0 Å². The number of hydrogen-bond acceptors (Lipinski definition) is 5. The highest BCUT2D eigenvalue weighted by molar-refractivity contribution is 5.81. The van der Waals surface area contributed by atoms with Crippen molar-refractivity contribution < 1.29 is 4.92 Å². The van der Waals surface area contributed by atoms with E-state index in [1.54, 1.807) is 12.3 Å². The third-order valence-electron chi connectivity index (χ3n) is 4.76. The zero-order chi connectivity index (χ0) is 16.6. The molecular weight excluding hydrogens is 292 g/mol. The zero-order valence-electron chi connectivity index (χ0n) is 13.9. The van der Waals surface area contributed by atoms with E-state index >= 15 is 0 Å². The minimum atomic E-state index is -0.291. The summed E-state index contributed by atoms with van der Waals surface area (Å²) in [6.07, 6.45) is 4.85. The van der Waals surface area contributed by atoms with Crippen molar-refractivity contribution in [1.82, 2.24) is 4.90 Å². The van der Waals surface area contributed by atoms with Crippen LogP contribution >= 0.6 is 0 Å². The first-order chi connectivity index (χ1) is 11.0. The largest absolute Gasteiger partial charge is 0.358 e. The van der Waals surface area contributed by atoms with Gasteiger partial charge in [0.1, 0.15) is 0 Å². The molecule has 0 spiro atoms. The summed E-state index contributed by atoms with van der Waals surface area (Å²) in [6, 6.07) is 1.62. The van der Waals surface area contributed by atoms with Crippen molar-refractivity contribution in [3.63, 3.8) is 0 Å². The predicted octanol–water partition coefficient (Wildman–Crippen LogP) is 3.69. The number of nitro groups is 1. The van der Waals surface area contributed by atoms with E-state index in [4.69, 9.17) is 0 Å². The molecule has 124 valence electrons. The average Bonchev–Trinajstić information content (AvgIpc) is 2.48. The van der Waals surface area contributed by atoms with Gasteiger partial charge < -0.3 is 10.6 Å². The van der Waals surface area contributed by atoms with Crippen molar-refractivity contribution in [2.75, 3.05) is 23.7 Å². The minimum absolute atomic E-state index is 0.182. The molecule has 2 unspecified atom stereocenters. The molecule has 0 amide bonds. The molecule has 6 nitrogen and oxygen atoms in total. The highest BCUT2D eigenvalue weighted by Gasteiger charge is 2.27. The zero-order valence-corrected chi connectivity index (χ0v) is 13.9. The maximum atomic E-state index is 11.4. The van der Waals surface area contributed by atoms with Gasteiger partial charge in [0.05, 0.1) is 16.3 Å². The molecule has 2 atom stereocenters. The molecule has 2 heterocycles. The van der Waals surface area contributed by atoms with Crippen LogP contribution in [-0.2, 0) is 6.54 Å². The highest BCUT2D eigenvalue weighted by atomic mass is 16.6. The third-order valence-corrected chi connectivity index (χ3v) is 4.76. The van der Waals surface area contributed by atoms with Crippen LogP contribution in [0.5, 0.6) is 0 Å². The Morgan fingerprint density at radius 1 is 1.26 bits per heavy atom. The first kappa shape index (κ1) is 15.8. The molecule has 1 fully saturated rings. The van der Waals surface area contributed by atoms with E-state index in [0.29, 0.717) is 11.8 Å². The van der Waals surface area contributed by atoms with Crippen LogP contribution in [-0.4, -0.2) is 22.9 Å². The Labute approximate surface area is 136 Å². The van der Waals surface area contributed by atoms with Crippen LogP contribution < -0.4 is 10.6 Å². The standard InChI is InChI=1S/C17H24N4O2/c1-11-6-12(2)9-20(8-11)10-14-13(3)16(21(22)23)7-15-17(14)19-5-4-18-15/h4-5,7,11-12,18-19H,6,8-10H2,1-3H3. The lowest BCUT2D eigenvalue weighted by Crippen LogP contribution is -2.38. The molecule has 2 N–H and O–H groups in total. The molecule has 1 aromatic rings. The van der Waals surface area contributed by atoms with Gasteiger partial charge in [-0.1, -0.05) is 13.8 Å². The maximum absolute atomic E-state index is 11.4. The second-order valence-electron chi connectivity index (χ2n) is 6.94. The summed E-state index contributed by atoms with van der Waals surface area (Å²) in [7, 11) is 0. The molecule has 0 bridgehead atoms. The van der Waals surface area contributed by atoms with E-state index in [9.17, 15) is 10.1 Å². The van der Waals surface area contributed by atoms with Crippen molar-refractivity contribution >= 4 is 17.1 Å². The van der Waals surface area contributed by atoms with E-state index in [2.05, 4.69) is 29.4 Å². The number of fused-ring (bicyclic) bond motifs is 1. The van der Waals surface area contributed by atoms with Crippen molar-refractivity contribution in [2.24, 2.45) is 11.8 Å². The molecule has 2 aliphatic heterocycles. The Bertz CT molecular complexity index is 646. The van der Waals surface area contributed by atoms with E-state index in [1.807, 2.05) is 13.1 Å². The van der Waals surface area contributed by atoms with Gasteiger partial charge in [0.25, 0.3) is 5.69 Å². The first-order valence-electron chi connectivity index (χ1n) is 8.17. The minimum Gasteiger partial charge on any atom is -0.358 e. The molecule has 3 rings (SSSR count). The fourth-order valence-corrected chi connectivity index (χ4v) is 3.89. The third kappa shape index (κ3) is 3.17. The van der Waals surface area contributed by atoms with Crippen LogP contribution in [0.1, 0.15) is 31.4 Å². The van der Waals surface area contributed by atoms with Crippen LogP contribution in [0, 0.1) is 28.9 Å². The Morgan fingerprint density at radius 3 is 2.57 bits per heavy atom.